The first-order chi connectivity index (χ1) is 12.3. The standard InChI is InChI=1S/C16H23N5O4S/c1-26(24,25)20-9-11(5-4-8-18-16(22)23)21-15-12-6-2-3-7-14(12)19-10-13(15)17/h2-3,6-7,10-11,18,20H,4-5,8-9,17H2,1H3,(H,19,21)(H,22,23)/t11-/m0/s1. The number of fused-ring (bicyclic) bond motifs is 1. The first-order valence-corrected chi connectivity index (χ1v) is 9.96. The Morgan fingerprint density at radius 2 is 2.08 bits per heavy atom. The summed E-state index contributed by atoms with van der Waals surface area (Å²) in [4.78, 5) is 14.8. The van der Waals surface area contributed by atoms with E-state index >= 15 is 0 Å². The zero-order chi connectivity index (χ0) is 19.2. The quantitative estimate of drug-likeness (QED) is 0.410. The molecule has 0 saturated heterocycles. The van der Waals surface area contributed by atoms with Gasteiger partial charge in [-0.15, -0.1) is 0 Å². The summed E-state index contributed by atoms with van der Waals surface area (Å²) in [5.74, 6) is 0. The highest BCUT2D eigenvalue weighted by Crippen LogP contribution is 2.28. The molecule has 6 N–H and O–H groups in total. The van der Waals surface area contributed by atoms with Crippen LogP contribution in [-0.2, 0) is 10.0 Å². The molecule has 2 rings (SSSR count). The van der Waals surface area contributed by atoms with Gasteiger partial charge in [-0.05, 0) is 18.9 Å². The van der Waals surface area contributed by atoms with Crippen molar-refractivity contribution < 1.29 is 18.3 Å². The second kappa shape index (κ2) is 8.68. The van der Waals surface area contributed by atoms with E-state index in [9.17, 15) is 13.2 Å². The number of nitrogens with one attached hydrogen (secondary N) is 3. The van der Waals surface area contributed by atoms with Gasteiger partial charge in [0, 0.05) is 24.5 Å². The van der Waals surface area contributed by atoms with Crippen molar-refractivity contribution in [3.63, 3.8) is 0 Å². The molecule has 10 heteroatoms. The van der Waals surface area contributed by atoms with Gasteiger partial charge in [0.2, 0.25) is 10.0 Å². The van der Waals surface area contributed by atoms with Crippen LogP contribution >= 0.6 is 0 Å². The van der Waals surface area contributed by atoms with E-state index in [-0.39, 0.29) is 19.1 Å². The molecule has 0 aliphatic carbocycles. The maximum Gasteiger partial charge on any atom is 0.404 e. The Bertz CT molecular complexity index is 872. The average Bonchev–Trinajstić information content (AvgIpc) is 2.57. The van der Waals surface area contributed by atoms with Crippen LogP contribution in [0.3, 0.4) is 0 Å². The number of nitrogens with zero attached hydrogens (tertiary/aromatic N) is 1. The summed E-state index contributed by atoms with van der Waals surface area (Å²) in [5, 5.41) is 15.0. The Hall–Kier alpha value is -2.59. The molecule has 0 radical (unpaired) electrons. The molecule has 0 saturated carbocycles. The van der Waals surface area contributed by atoms with Gasteiger partial charge in [-0.1, -0.05) is 18.2 Å². The van der Waals surface area contributed by atoms with E-state index in [4.69, 9.17) is 10.8 Å². The van der Waals surface area contributed by atoms with E-state index < -0.39 is 16.1 Å². The largest absolute Gasteiger partial charge is 0.465 e. The van der Waals surface area contributed by atoms with Gasteiger partial charge in [0.1, 0.15) is 0 Å². The van der Waals surface area contributed by atoms with E-state index in [2.05, 4.69) is 20.3 Å². The lowest BCUT2D eigenvalue weighted by Crippen LogP contribution is -2.37. The van der Waals surface area contributed by atoms with Gasteiger partial charge in [0.15, 0.2) is 0 Å². The number of para-hydroxylation sites is 1. The molecular weight excluding hydrogens is 358 g/mol. The molecule has 1 heterocycles. The minimum absolute atomic E-state index is 0.155. The van der Waals surface area contributed by atoms with Gasteiger partial charge in [0.05, 0.1) is 29.3 Å². The number of hydrogen-bond acceptors (Lipinski definition) is 6. The number of amides is 1. The Kier molecular flexibility index (Phi) is 6.58. The highest BCUT2D eigenvalue weighted by molar-refractivity contribution is 7.88. The highest BCUT2D eigenvalue weighted by atomic mass is 32.2. The molecule has 0 aliphatic rings. The van der Waals surface area contributed by atoms with Crippen LogP contribution in [0.25, 0.3) is 10.9 Å². The molecule has 1 aromatic carbocycles. The lowest BCUT2D eigenvalue weighted by Gasteiger charge is -2.22. The molecule has 1 atom stereocenters. The fourth-order valence-corrected chi connectivity index (χ4v) is 3.05. The van der Waals surface area contributed by atoms with E-state index in [1.165, 1.54) is 0 Å². The third-order valence-corrected chi connectivity index (χ3v) is 4.44. The van der Waals surface area contributed by atoms with Crippen LogP contribution in [0.5, 0.6) is 0 Å². The molecule has 1 amide bonds. The predicted octanol–water partition coefficient (Wildman–Crippen LogP) is 1.19. The van der Waals surface area contributed by atoms with Gasteiger partial charge in [-0.2, -0.15) is 0 Å². The van der Waals surface area contributed by atoms with Crippen LogP contribution in [0, 0.1) is 0 Å². The molecule has 0 aliphatic heterocycles. The highest BCUT2D eigenvalue weighted by Gasteiger charge is 2.15. The fraction of sp³-hybridized carbons (Fsp3) is 0.375. The number of carboxylic acid groups (broad SMARTS) is 1. The van der Waals surface area contributed by atoms with Crippen LogP contribution < -0.4 is 21.1 Å². The molecule has 26 heavy (non-hydrogen) atoms. The molecule has 0 bridgehead atoms. The topological polar surface area (TPSA) is 146 Å². The third kappa shape index (κ3) is 6.05. The molecule has 142 valence electrons. The number of anilines is 2. The first-order valence-electron chi connectivity index (χ1n) is 8.07. The zero-order valence-electron chi connectivity index (χ0n) is 14.4. The van der Waals surface area contributed by atoms with Crippen molar-refractivity contribution in [3.8, 4) is 0 Å². The minimum atomic E-state index is -3.35. The molecular formula is C16H23N5O4S. The lowest BCUT2D eigenvalue weighted by atomic mass is 10.1. The maximum absolute atomic E-state index is 11.4. The van der Waals surface area contributed by atoms with Crippen molar-refractivity contribution in [1.82, 2.24) is 15.0 Å². The Morgan fingerprint density at radius 3 is 2.77 bits per heavy atom. The van der Waals surface area contributed by atoms with Gasteiger partial charge in [-0.25, -0.2) is 17.9 Å². The van der Waals surface area contributed by atoms with Crippen molar-refractivity contribution >= 4 is 38.4 Å². The van der Waals surface area contributed by atoms with Crippen molar-refractivity contribution in [2.75, 3.05) is 30.4 Å². The molecule has 0 fully saturated rings. The number of benzene rings is 1. The van der Waals surface area contributed by atoms with Crippen molar-refractivity contribution in [1.29, 1.82) is 0 Å². The summed E-state index contributed by atoms with van der Waals surface area (Å²) in [7, 11) is -3.35. The summed E-state index contributed by atoms with van der Waals surface area (Å²) in [6.07, 6.45) is 2.63. The lowest BCUT2D eigenvalue weighted by molar-refractivity contribution is 0.194. The van der Waals surface area contributed by atoms with Crippen LogP contribution in [0.15, 0.2) is 30.5 Å². The number of hydrogen-bond donors (Lipinski definition) is 5. The van der Waals surface area contributed by atoms with Crippen LogP contribution in [0.2, 0.25) is 0 Å². The van der Waals surface area contributed by atoms with E-state index in [1.807, 2.05) is 24.3 Å². The summed E-state index contributed by atoms with van der Waals surface area (Å²) in [6.45, 7) is 0.432. The summed E-state index contributed by atoms with van der Waals surface area (Å²) < 4.78 is 25.3. The van der Waals surface area contributed by atoms with E-state index in [0.29, 0.717) is 24.2 Å². The summed E-state index contributed by atoms with van der Waals surface area (Å²) >= 11 is 0. The summed E-state index contributed by atoms with van der Waals surface area (Å²) in [5.41, 5.74) is 7.97. The SMILES string of the molecule is CS(=O)(=O)NC[C@H](CCCNC(=O)O)Nc1c(N)cnc2ccccc12. The van der Waals surface area contributed by atoms with Gasteiger partial charge >= 0.3 is 6.09 Å². The monoisotopic (exact) mass is 381 g/mol. The van der Waals surface area contributed by atoms with Crippen LogP contribution in [-0.4, -0.2) is 50.0 Å². The third-order valence-electron chi connectivity index (χ3n) is 3.75. The Labute approximate surface area is 152 Å². The molecule has 9 nitrogen and oxygen atoms in total. The second-order valence-electron chi connectivity index (χ2n) is 5.94. The maximum atomic E-state index is 11.4. The van der Waals surface area contributed by atoms with Crippen molar-refractivity contribution in [2.45, 2.75) is 18.9 Å². The molecule has 1 aromatic heterocycles. The van der Waals surface area contributed by atoms with E-state index in [1.54, 1.807) is 6.20 Å². The Balaban J connectivity index is 2.17. The zero-order valence-corrected chi connectivity index (χ0v) is 15.2. The molecule has 0 unspecified atom stereocenters. The number of pyridine rings is 1. The Morgan fingerprint density at radius 1 is 1.35 bits per heavy atom. The predicted molar refractivity (Wildman–Crippen MR) is 102 cm³/mol. The van der Waals surface area contributed by atoms with Gasteiger partial charge < -0.3 is 21.5 Å². The van der Waals surface area contributed by atoms with Crippen molar-refractivity contribution in [3.05, 3.63) is 30.5 Å². The van der Waals surface area contributed by atoms with Crippen molar-refractivity contribution in [2.24, 2.45) is 0 Å². The number of sulfonamides is 1. The number of nitrogen functional groups attached to an aromatic ring is 1. The second-order valence-corrected chi connectivity index (χ2v) is 7.77. The summed E-state index contributed by atoms with van der Waals surface area (Å²) in [6, 6.07) is 7.22. The molecule has 0 spiro atoms. The number of nitrogens with two attached hydrogens (primary N) is 1. The minimum Gasteiger partial charge on any atom is -0.465 e. The fourth-order valence-electron chi connectivity index (χ4n) is 2.54. The van der Waals surface area contributed by atoms with Gasteiger partial charge in [0.25, 0.3) is 0 Å². The number of rotatable bonds is 9. The average molecular weight is 381 g/mol. The first kappa shape index (κ1) is 19.7. The van der Waals surface area contributed by atoms with E-state index in [0.717, 1.165) is 17.2 Å². The van der Waals surface area contributed by atoms with Crippen LogP contribution in [0.4, 0.5) is 16.2 Å². The molecule has 2 aromatic rings. The number of carbonyl (C=O) groups is 1. The smallest absolute Gasteiger partial charge is 0.404 e. The number of aromatic nitrogens is 1. The van der Waals surface area contributed by atoms with Crippen LogP contribution in [0.1, 0.15) is 12.8 Å². The van der Waals surface area contributed by atoms with Gasteiger partial charge in [-0.3, -0.25) is 4.98 Å². The normalized spacial score (nSPS) is 12.7.